The molecule has 0 aromatic heterocycles. The van der Waals surface area contributed by atoms with Crippen LogP contribution in [-0.4, -0.2) is 24.5 Å². The van der Waals surface area contributed by atoms with E-state index in [1.54, 1.807) is 36.4 Å². The molecule has 8 heteroatoms. The molecular formula is C28H25BrN2O5. The number of aryl methyl sites for hydroxylation is 2. The lowest BCUT2D eigenvalue weighted by Crippen LogP contribution is -2.54. The summed E-state index contributed by atoms with van der Waals surface area (Å²) >= 11 is 3.41. The van der Waals surface area contributed by atoms with Gasteiger partial charge >= 0.3 is 6.03 Å². The van der Waals surface area contributed by atoms with E-state index in [1.165, 1.54) is 11.6 Å². The fourth-order valence-electron chi connectivity index (χ4n) is 3.67. The van der Waals surface area contributed by atoms with E-state index in [0.29, 0.717) is 36.0 Å². The third kappa shape index (κ3) is 5.49. The highest BCUT2D eigenvalue weighted by atomic mass is 79.9. The zero-order chi connectivity index (χ0) is 25.8. The molecule has 1 fully saturated rings. The molecule has 36 heavy (non-hydrogen) atoms. The minimum absolute atomic E-state index is 0.161. The van der Waals surface area contributed by atoms with E-state index in [1.807, 2.05) is 45.0 Å². The van der Waals surface area contributed by atoms with Crippen LogP contribution in [0.25, 0.3) is 6.08 Å². The minimum atomic E-state index is -0.793. The van der Waals surface area contributed by atoms with Crippen molar-refractivity contribution in [3.8, 4) is 11.5 Å². The van der Waals surface area contributed by atoms with Gasteiger partial charge in [0.05, 0.1) is 12.3 Å². The summed E-state index contributed by atoms with van der Waals surface area (Å²) in [6.07, 6.45) is 1.44. The molecule has 184 valence electrons. The van der Waals surface area contributed by atoms with Crippen molar-refractivity contribution in [1.29, 1.82) is 0 Å². The number of ether oxygens (including phenoxy) is 2. The first-order valence-corrected chi connectivity index (χ1v) is 12.2. The van der Waals surface area contributed by atoms with Crippen molar-refractivity contribution in [2.75, 3.05) is 11.5 Å². The quantitative estimate of drug-likeness (QED) is 0.302. The van der Waals surface area contributed by atoms with Crippen molar-refractivity contribution in [2.24, 2.45) is 0 Å². The van der Waals surface area contributed by atoms with Gasteiger partial charge in [-0.3, -0.25) is 14.9 Å². The first-order chi connectivity index (χ1) is 17.3. The van der Waals surface area contributed by atoms with Crippen molar-refractivity contribution < 1.29 is 23.9 Å². The van der Waals surface area contributed by atoms with Crippen molar-refractivity contribution >= 4 is 45.5 Å². The monoisotopic (exact) mass is 548 g/mol. The molecule has 1 heterocycles. The second-order valence-electron chi connectivity index (χ2n) is 8.30. The van der Waals surface area contributed by atoms with Crippen LogP contribution in [0.3, 0.4) is 0 Å². The van der Waals surface area contributed by atoms with Crippen LogP contribution < -0.4 is 19.7 Å². The summed E-state index contributed by atoms with van der Waals surface area (Å²) in [7, 11) is 0. The van der Waals surface area contributed by atoms with Crippen molar-refractivity contribution in [2.45, 2.75) is 27.4 Å². The normalized spacial score (nSPS) is 14.7. The molecule has 0 bridgehead atoms. The van der Waals surface area contributed by atoms with Gasteiger partial charge in [-0.25, -0.2) is 9.69 Å². The first-order valence-electron chi connectivity index (χ1n) is 11.4. The summed E-state index contributed by atoms with van der Waals surface area (Å²) in [5.74, 6) is -0.434. The van der Waals surface area contributed by atoms with Crippen LogP contribution in [0.2, 0.25) is 0 Å². The number of amides is 4. The Morgan fingerprint density at radius 2 is 1.67 bits per heavy atom. The highest BCUT2D eigenvalue weighted by molar-refractivity contribution is 9.10. The van der Waals surface area contributed by atoms with E-state index in [9.17, 15) is 14.4 Å². The highest BCUT2D eigenvalue weighted by Gasteiger charge is 2.37. The van der Waals surface area contributed by atoms with E-state index in [4.69, 9.17) is 9.47 Å². The van der Waals surface area contributed by atoms with Crippen LogP contribution in [0.15, 0.2) is 70.7 Å². The number of carbonyl (C=O) groups excluding carboxylic acids is 3. The van der Waals surface area contributed by atoms with Crippen molar-refractivity contribution in [3.63, 3.8) is 0 Å². The van der Waals surface area contributed by atoms with Gasteiger partial charge in [0.15, 0.2) is 11.5 Å². The molecular weight excluding hydrogens is 524 g/mol. The number of urea groups is 1. The van der Waals surface area contributed by atoms with E-state index in [2.05, 4.69) is 21.2 Å². The standard InChI is InChI=1S/C28H25BrN2O5/c1-4-35-25-15-20(9-12-24(25)36-16-19-7-5-17(2)6-8-19)14-22-26(32)30-28(34)31(27(22)33)21-10-11-23(29)18(3)13-21/h5-15H,4,16H2,1-3H3,(H,30,32,34)/b22-14+. The number of nitrogens with zero attached hydrogens (tertiary/aromatic N) is 1. The summed E-state index contributed by atoms with van der Waals surface area (Å²) in [4.78, 5) is 39.2. The number of carbonyl (C=O) groups is 3. The number of halogens is 1. The van der Waals surface area contributed by atoms with Crippen molar-refractivity contribution in [3.05, 3.63) is 93.0 Å². The number of hydrogen-bond acceptors (Lipinski definition) is 5. The smallest absolute Gasteiger partial charge is 0.335 e. The largest absolute Gasteiger partial charge is 0.490 e. The lowest BCUT2D eigenvalue weighted by molar-refractivity contribution is -0.122. The van der Waals surface area contributed by atoms with Crippen LogP contribution in [0.1, 0.15) is 29.2 Å². The molecule has 0 saturated carbocycles. The number of imide groups is 2. The fourth-order valence-corrected chi connectivity index (χ4v) is 3.92. The average molecular weight is 549 g/mol. The Morgan fingerprint density at radius 3 is 2.36 bits per heavy atom. The Balaban J connectivity index is 1.61. The van der Waals surface area contributed by atoms with Gasteiger partial charge in [-0.15, -0.1) is 0 Å². The lowest BCUT2D eigenvalue weighted by Gasteiger charge is -2.26. The minimum Gasteiger partial charge on any atom is -0.490 e. The predicted molar refractivity (Wildman–Crippen MR) is 141 cm³/mol. The fraction of sp³-hybridized carbons (Fsp3) is 0.179. The van der Waals surface area contributed by atoms with E-state index in [0.717, 1.165) is 20.5 Å². The average Bonchev–Trinajstić information content (AvgIpc) is 2.84. The van der Waals surface area contributed by atoms with E-state index in [-0.39, 0.29) is 5.57 Å². The Labute approximate surface area is 217 Å². The van der Waals surface area contributed by atoms with Crippen molar-refractivity contribution in [1.82, 2.24) is 5.32 Å². The molecule has 7 nitrogen and oxygen atoms in total. The van der Waals surface area contributed by atoms with Gasteiger partial charge in [0, 0.05) is 4.47 Å². The zero-order valence-corrected chi connectivity index (χ0v) is 21.7. The molecule has 0 radical (unpaired) electrons. The maximum Gasteiger partial charge on any atom is 0.335 e. The van der Waals surface area contributed by atoms with Crippen LogP contribution in [-0.2, 0) is 16.2 Å². The summed E-state index contributed by atoms with van der Waals surface area (Å²) in [6.45, 7) is 6.50. The number of benzene rings is 3. The number of nitrogens with one attached hydrogen (secondary N) is 1. The number of anilines is 1. The second kappa shape index (κ2) is 10.8. The topological polar surface area (TPSA) is 84.9 Å². The van der Waals surface area contributed by atoms with Gasteiger partial charge in [0.25, 0.3) is 11.8 Å². The molecule has 4 rings (SSSR count). The SMILES string of the molecule is CCOc1cc(/C=C2\C(=O)NC(=O)N(c3ccc(Br)c(C)c3)C2=O)ccc1OCc1ccc(C)cc1. The van der Waals surface area contributed by atoms with Crippen LogP contribution >= 0.6 is 15.9 Å². The molecule has 1 N–H and O–H groups in total. The van der Waals surface area contributed by atoms with Crippen LogP contribution in [0.4, 0.5) is 10.5 Å². The second-order valence-corrected chi connectivity index (χ2v) is 9.16. The summed E-state index contributed by atoms with van der Waals surface area (Å²) in [5.41, 5.74) is 3.80. The number of hydrogen-bond donors (Lipinski definition) is 1. The summed E-state index contributed by atoms with van der Waals surface area (Å²) < 4.78 is 12.6. The third-order valence-electron chi connectivity index (χ3n) is 5.59. The van der Waals surface area contributed by atoms with Gasteiger partial charge in [0.1, 0.15) is 12.2 Å². The van der Waals surface area contributed by atoms with Gasteiger partial charge in [-0.2, -0.15) is 0 Å². The molecule has 0 spiro atoms. The number of barbiturate groups is 1. The van der Waals surface area contributed by atoms with Gasteiger partial charge in [-0.05, 0) is 73.9 Å². The van der Waals surface area contributed by atoms with Gasteiger partial charge in [0.2, 0.25) is 0 Å². The molecule has 1 aliphatic rings. The Bertz CT molecular complexity index is 1360. The molecule has 0 aliphatic carbocycles. The Hall–Kier alpha value is -3.91. The highest BCUT2D eigenvalue weighted by Crippen LogP contribution is 2.31. The molecule has 1 saturated heterocycles. The number of rotatable bonds is 7. The van der Waals surface area contributed by atoms with Crippen LogP contribution in [0, 0.1) is 13.8 Å². The first kappa shape index (κ1) is 25.2. The molecule has 1 aliphatic heterocycles. The molecule has 0 atom stereocenters. The summed E-state index contributed by atoms with van der Waals surface area (Å²) in [5, 5.41) is 2.25. The molecule has 3 aromatic rings. The maximum absolute atomic E-state index is 13.2. The zero-order valence-electron chi connectivity index (χ0n) is 20.1. The maximum atomic E-state index is 13.2. The van der Waals surface area contributed by atoms with E-state index >= 15 is 0 Å². The molecule has 3 aromatic carbocycles. The van der Waals surface area contributed by atoms with E-state index < -0.39 is 17.8 Å². The summed E-state index contributed by atoms with van der Waals surface area (Å²) in [6, 6.07) is 17.5. The molecule has 4 amide bonds. The third-order valence-corrected chi connectivity index (χ3v) is 6.48. The van der Waals surface area contributed by atoms with Crippen LogP contribution in [0.5, 0.6) is 11.5 Å². The van der Waals surface area contributed by atoms with Gasteiger partial charge < -0.3 is 9.47 Å². The Morgan fingerprint density at radius 1 is 0.917 bits per heavy atom. The van der Waals surface area contributed by atoms with Gasteiger partial charge in [-0.1, -0.05) is 51.8 Å². The Kier molecular flexibility index (Phi) is 7.55. The lowest BCUT2D eigenvalue weighted by atomic mass is 10.1. The predicted octanol–water partition coefficient (Wildman–Crippen LogP) is 5.71. The molecule has 0 unspecified atom stereocenters.